The average molecular weight is 876 g/mol. The van der Waals surface area contributed by atoms with Crippen molar-refractivity contribution in [1.29, 1.82) is 0 Å². The molecule has 0 spiro atoms. The molecular weight excluding hydrogens is 819 g/mol. The van der Waals surface area contributed by atoms with Crippen LogP contribution in [0.15, 0.2) is 58.2 Å². The molecule has 4 aromatic rings. The number of likely N-dealkylation sites (N-methyl/N-ethyl adjacent to an activating group) is 1. The smallest absolute Gasteiger partial charge is 0.326 e. The van der Waals surface area contributed by atoms with Crippen molar-refractivity contribution in [1.82, 2.24) is 19.8 Å². The number of hydrogen-bond acceptors (Lipinski definition) is 14. The highest BCUT2D eigenvalue weighted by Gasteiger charge is 2.22. The van der Waals surface area contributed by atoms with Gasteiger partial charge in [-0.15, -0.1) is 0 Å². The standard InChI is InChI=1S/C41H57N5O14S/c1-6-14-58-29-22-30(59-15-8-7-13-45(2)28-39(47)42-12-17-56-19-21-57-20-18-55-16-11-40(48)49)24-31(23-29)60-37-27-35-33(43-41(50)46(35)3)26-34(37)44-61(51,52)32-9-10-36(53-4)38(25-32)54-5/h9-10,22-27,44H,6-8,11-21,28H2,1-5H3,(H,42,47)(H,43,50)(H,48,49). The normalized spacial score (nSPS) is 11.4. The second kappa shape index (κ2) is 24.7. The molecule has 4 rings (SSSR count). The number of rotatable bonds is 30. The van der Waals surface area contributed by atoms with Gasteiger partial charge in [-0.05, 0) is 51.1 Å². The largest absolute Gasteiger partial charge is 0.493 e. The second-order valence-electron chi connectivity index (χ2n) is 13.7. The zero-order valence-corrected chi connectivity index (χ0v) is 36.1. The highest BCUT2D eigenvalue weighted by molar-refractivity contribution is 7.92. The van der Waals surface area contributed by atoms with Gasteiger partial charge in [0.05, 0.1) is 102 Å². The minimum Gasteiger partial charge on any atom is -0.493 e. The van der Waals surface area contributed by atoms with Crippen molar-refractivity contribution in [3.8, 4) is 34.5 Å². The third kappa shape index (κ3) is 15.8. The van der Waals surface area contributed by atoms with Crippen molar-refractivity contribution >= 4 is 38.6 Å². The molecule has 3 aromatic carbocycles. The summed E-state index contributed by atoms with van der Waals surface area (Å²) in [5.41, 5.74) is 0.545. The lowest BCUT2D eigenvalue weighted by molar-refractivity contribution is -0.138. The number of ether oxygens (including phenoxy) is 8. The van der Waals surface area contributed by atoms with Crippen molar-refractivity contribution in [2.45, 2.75) is 37.5 Å². The zero-order chi connectivity index (χ0) is 44.2. The Morgan fingerprint density at radius 1 is 0.803 bits per heavy atom. The predicted molar refractivity (Wildman–Crippen MR) is 226 cm³/mol. The van der Waals surface area contributed by atoms with Crippen molar-refractivity contribution in [2.75, 3.05) is 98.5 Å². The number of methoxy groups -OCH3 is 2. The number of amides is 1. The van der Waals surface area contributed by atoms with E-state index >= 15 is 0 Å². The first-order chi connectivity index (χ1) is 29.3. The number of aromatic amines is 1. The summed E-state index contributed by atoms with van der Waals surface area (Å²) < 4.78 is 76.3. The Labute approximate surface area is 355 Å². The molecular formula is C41H57N5O14S. The molecule has 0 bridgehead atoms. The summed E-state index contributed by atoms with van der Waals surface area (Å²) >= 11 is 0. The fraction of sp³-hybridized carbons (Fsp3) is 0.488. The van der Waals surface area contributed by atoms with E-state index in [2.05, 4.69) is 15.0 Å². The molecule has 0 fully saturated rings. The average Bonchev–Trinajstić information content (AvgIpc) is 3.50. The molecule has 0 radical (unpaired) electrons. The highest BCUT2D eigenvalue weighted by Crippen LogP contribution is 2.38. The molecule has 4 N–H and O–H groups in total. The number of aryl methyl sites for hydroxylation is 1. The Balaban J connectivity index is 1.30. The number of carboxylic acid groups (broad SMARTS) is 1. The Bertz CT molecular complexity index is 2190. The maximum Gasteiger partial charge on any atom is 0.326 e. The molecule has 0 unspecified atom stereocenters. The van der Waals surface area contributed by atoms with Crippen LogP contribution in [0, 0.1) is 0 Å². The van der Waals surface area contributed by atoms with Crippen LogP contribution >= 0.6 is 0 Å². The van der Waals surface area contributed by atoms with Gasteiger partial charge in [0.1, 0.15) is 17.2 Å². The minimum atomic E-state index is -4.19. The molecule has 1 aromatic heterocycles. The molecule has 0 atom stereocenters. The SMILES string of the molecule is CCCOc1cc(OCCCCN(C)CC(=O)NCCOCCOCCOCCC(=O)O)cc(Oc2cc3c(cc2NS(=O)(=O)c2ccc(OC)c(OC)c2)[nH]c(=O)n3C)c1. The maximum atomic E-state index is 13.7. The van der Waals surface area contributed by atoms with Crippen LogP contribution in [-0.2, 0) is 40.9 Å². The predicted octanol–water partition coefficient (Wildman–Crippen LogP) is 4.00. The molecule has 0 aliphatic heterocycles. The van der Waals surface area contributed by atoms with E-state index in [1.807, 2.05) is 18.9 Å². The van der Waals surface area contributed by atoms with Gasteiger partial charge in [-0.2, -0.15) is 0 Å². The number of carbonyl (C=O) groups is 2. The topological polar surface area (TPSA) is 227 Å². The van der Waals surface area contributed by atoms with E-state index in [4.69, 9.17) is 43.0 Å². The third-order valence-electron chi connectivity index (χ3n) is 8.86. The molecule has 336 valence electrons. The van der Waals surface area contributed by atoms with Gasteiger partial charge < -0.3 is 53.3 Å². The third-order valence-corrected chi connectivity index (χ3v) is 10.2. The van der Waals surface area contributed by atoms with Crippen LogP contribution in [-0.4, -0.2) is 134 Å². The minimum absolute atomic E-state index is 0.0437. The van der Waals surface area contributed by atoms with Crippen LogP contribution < -0.4 is 39.4 Å². The second-order valence-corrected chi connectivity index (χ2v) is 15.4. The van der Waals surface area contributed by atoms with E-state index in [1.165, 1.54) is 43.1 Å². The summed E-state index contributed by atoms with van der Waals surface area (Å²) in [6.45, 7) is 5.89. The number of sulfonamides is 1. The number of carbonyl (C=O) groups excluding carboxylic acids is 1. The number of carboxylic acids is 1. The van der Waals surface area contributed by atoms with E-state index in [1.54, 1.807) is 31.3 Å². The lowest BCUT2D eigenvalue weighted by Gasteiger charge is -2.17. The van der Waals surface area contributed by atoms with Crippen molar-refractivity contribution in [3.05, 3.63) is 59.0 Å². The van der Waals surface area contributed by atoms with Gasteiger partial charge in [0.25, 0.3) is 10.0 Å². The maximum absolute atomic E-state index is 13.7. The lowest BCUT2D eigenvalue weighted by atomic mass is 10.2. The summed E-state index contributed by atoms with van der Waals surface area (Å²) in [5.74, 6) is 0.931. The van der Waals surface area contributed by atoms with E-state index in [-0.39, 0.29) is 47.6 Å². The number of aromatic nitrogens is 2. The number of nitrogens with zero attached hydrogens (tertiary/aromatic N) is 2. The summed E-state index contributed by atoms with van der Waals surface area (Å²) in [6.07, 6.45) is 2.16. The monoisotopic (exact) mass is 875 g/mol. The van der Waals surface area contributed by atoms with Gasteiger partial charge in [-0.3, -0.25) is 23.8 Å². The lowest BCUT2D eigenvalue weighted by Crippen LogP contribution is -2.37. The molecule has 1 heterocycles. The van der Waals surface area contributed by atoms with Crippen LogP contribution in [0.4, 0.5) is 5.69 Å². The van der Waals surface area contributed by atoms with Crippen molar-refractivity contribution in [3.63, 3.8) is 0 Å². The van der Waals surface area contributed by atoms with Gasteiger partial charge >= 0.3 is 11.7 Å². The van der Waals surface area contributed by atoms with Gasteiger partial charge in [-0.1, -0.05) is 6.92 Å². The first-order valence-corrected chi connectivity index (χ1v) is 21.3. The summed E-state index contributed by atoms with van der Waals surface area (Å²) in [7, 11) is 2.12. The summed E-state index contributed by atoms with van der Waals surface area (Å²) in [4.78, 5) is 39.9. The quantitative estimate of drug-likeness (QED) is 0.0543. The Morgan fingerprint density at radius 3 is 2.13 bits per heavy atom. The number of anilines is 1. The van der Waals surface area contributed by atoms with Crippen molar-refractivity contribution < 1.29 is 61.0 Å². The van der Waals surface area contributed by atoms with E-state index in [9.17, 15) is 22.8 Å². The number of aliphatic carboxylic acids is 1. The van der Waals surface area contributed by atoms with Crippen LogP contribution in [0.25, 0.3) is 11.0 Å². The van der Waals surface area contributed by atoms with Crippen LogP contribution in [0.3, 0.4) is 0 Å². The molecule has 0 aliphatic carbocycles. The number of hydrogen-bond donors (Lipinski definition) is 4. The van der Waals surface area contributed by atoms with Gasteiger partial charge in [0, 0.05) is 43.9 Å². The molecule has 0 aliphatic rings. The van der Waals surface area contributed by atoms with Gasteiger partial charge in [-0.25, -0.2) is 13.2 Å². The van der Waals surface area contributed by atoms with Crippen LogP contribution in [0.1, 0.15) is 32.6 Å². The number of H-pyrrole nitrogens is 1. The van der Waals surface area contributed by atoms with E-state index < -0.39 is 21.7 Å². The van der Waals surface area contributed by atoms with E-state index in [0.717, 1.165) is 12.8 Å². The number of nitrogens with one attached hydrogen (secondary N) is 3. The fourth-order valence-corrected chi connectivity index (χ4v) is 6.82. The van der Waals surface area contributed by atoms with E-state index in [0.29, 0.717) is 99.8 Å². The fourth-order valence-electron chi connectivity index (χ4n) is 5.74. The van der Waals surface area contributed by atoms with Gasteiger partial charge in [0.15, 0.2) is 17.2 Å². The molecule has 0 saturated carbocycles. The number of benzene rings is 3. The van der Waals surface area contributed by atoms with Crippen molar-refractivity contribution in [2.24, 2.45) is 7.05 Å². The van der Waals surface area contributed by atoms with Crippen LogP contribution in [0.2, 0.25) is 0 Å². The van der Waals surface area contributed by atoms with Crippen LogP contribution in [0.5, 0.6) is 34.5 Å². The summed E-state index contributed by atoms with van der Waals surface area (Å²) in [6, 6.07) is 12.4. The zero-order valence-electron chi connectivity index (χ0n) is 35.3. The number of fused-ring (bicyclic) bond motifs is 1. The first-order valence-electron chi connectivity index (χ1n) is 19.8. The molecule has 1 amide bonds. The Hall–Kier alpha value is -5.54. The molecule has 0 saturated heterocycles. The first kappa shape index (κ1) is 48.1. The molecule has 61 heavy (non-hydrogen) atoms. The molecule has 19 nitrogen and oxygen atoms in total. The molecule has 20 heteroatoms. The number of unbranched alkanes of at least 4 members (excludes halogenated alkanes) is 1. The Kier molecular flexibility index (Phi) is 19.5. The summed E-state index contributed by atoms with van der Waals surface area (Å²) in [5, 5.41) is 11.4. The Morgan fingerprint density at radius 2 is 1.46 bits per heavy atom. The van der Waals surface area contributed by atoms with Gasteiger partial charge in [0.2, 0.25) is 5.91 Å². The highest BCUT2D eigenvalue weighted by atomic mass is 32.2. The number of imidazole rings is 1.